The van der Waals surface area contributed by atoms with Crippen molar-refractivity contribution >= 4 is 11.9 Å². The number of rotatable bonds is 11. The first-order chi connectivity index (χ1) is 16.3. The number of carboxylic acids is 1. The molecule has 0 radical (unpaired) electrons. The molecule has 162 valence electrons. The minimum Gasteiger partial charge on any atom is -0.493 e. The fraction of sp³-hybridized carbons (Fsp3) is 0.292. The summed E-state index contributed by atoms with van der Waals surface area (Å²) >= 11 is 0. The Kier molecular flexibility index (Phi) is 6.43. The lowest BCUT2D eigenvalue weighted by molar-refractivity contribution is -0.137. The Hall–Kier alpha value is -3.61. The molecule has 0 bridgehead atoms. The Morgan fingerprint density at radius 3 is 2.71 bits per heavy atom. The molecule has 0 atom stereocenters. The molecule has 0 aliphatic rings. The van der Waals surface area contributed by atoms with E-state index in [4.69, 9.17) is 18.4 Å². The third-order valence-corrected chi connectivity index (χ3v) is 4.63. The molecule has 2 aromatic heterocycles. The maximum absolute atomic E-state index is 13.1. The summed E-state index contributed by atoms with van der Waals surface area (Å²) in [5.41, 5.74) is 1.22. The van der Waals surface area contributed by atoms with E-state index in [1.54, 1.807) is 42.5 Å². The lowest BCUT2D eigenvalue weighted by Crippen LogP contribution is -2.27. The number of ether oxygens (including phenoxy) is 1. The largest absolute Gasteiger partial charge is 0.493 e. The first kappa shape index (κ1) is 18.2. The molecule has 0 unspecified atom stereocenters. The molecule has 7 nitrogen and oxygen atoms in total. The molecule has 1 aromatic carbocycles. The smallest absolute Gasteiger partial charge is 0.303 e. The zero-order valence-corrected chi connectivity index (χ0v) is 17.0. The number of amides is 1. The zero-order valence-electron chi connectivity index (χ0n) is 20.0. The van der Waals surface area contributed by atoms with Gasteiger partial charge < -0.3 is 19.2 Å². The highest BCUT2D eigenvalue weighted by molar-refractivity contribution is 5.92. The lowest BCUT2D eigenvalue weighted by atomic mass is 10.1. The summed E-state index contributed by atoms with van der Waals surface area (Å²) < 4.78 is 34.8. The van der Waals surface area contributed by atoms with E-state index in [2.05, 4.69) is 4.98 Å². The summed E-state index contributed by atoms with van der Waals surface area (Å²) in [7, 11) is 0. The van der Waals surface area contributed by atoms with E-state index < -0.39 is 18.9 Å². The highest BCUT2D eigenvalue weighted by Crippen LogP contribution is 2.22. The van der Waals surface area contributed by atoms with E-state index in [0.717, 1.165) is 4.90 Å². The van der Waals surface area contributed by atoms with E-state index >= 15 is 0 Å². The van der Waals surface area contributed by atoms with Crippen LogP contribution in [-0.4, -0.2) is 40.4 Å². The number of carbonyl (C=O) groups is 2. The number of unbranched alkanes of at least 4 members (excludes halogenated alkanes) is 2. The van der Waals surface area contributed by atoms with Gasteiger partial charge >= 0.3 is 5.97 Å². The number of carboxylic acid groups (broad SMARTS) is 1. The van der Waals surface area contributed by atoms with Gasteiger partial charge in [0.25, 0.3) is 5.91 Å². The van der Waals surface area contributed by atoms with Crippen LogP contribution in [0.25, 0.3) is 11.3 Å². The van der Waals surface area contributed by atoms with Gasteiger partial charge in [0.05, 0.1) is 12.9 Å². The summed E-state index contributed by atoms with van der Waals surface area (Å²) in [5, 5.41) is 8.70. The van der Waals surface area contributed by atoms with Gasteiger partial charge in [-0.2, -0.15) is 0 Å². The molecule has 1 amide bonds. The Labute approximate surface area is 185 Å². The Morgan fingerprint density at radius 1 is 1.13 bits per heavy atom. The molecular formula is C24H26N2O5. The van der Waals surface area contributed by atoms with Crippen LogP contribution in [0, 0.1) is 0 Å². The van der Waals surface area contributed by atoms with Crippen molar-refractivity contribution in [2.24, 2.45) is 0 Å². The highest BCUT2D eigenvalue weighted by atomic mass is 16.5. The SMILES string of the molecule is [2H]C([2H])([2H])N(Cc1ccccc1OCCCCCC(=O)O)C(=O)c1ccc(-c2ccco2)cn1. The van der Waals surface area contributed by atoms with E-state index in [-0.39, 0.29) is 18.7 Å². The highest BCUT2D eigenvalue weighted by Gasteiger charge is 2.16. The van der Waals surface area contributed by atoms with E-state index in [1.807, 2.05) is 0 Å². The number of benzene rings is 1. The summed E-state index contributed by atoms with van der Waals surface area (Å²) in [6.07, 6.45) is 5.03. The van der Waals surface area contributed by atoms with Crippen molar-refractivity contribution in [3.63, 3.8) is 0 Å². The Bertz CT molecular complexity index is 1080. The number of aliphatic carboxylic acids is 1. The monoisotopic (exact) mass is 425 g/mol. The van der Waals surface area contributed by atoms with Gasteiger partial charge in [-0.05, 0) is 49.6 Å². The van der Waals surface area contributed by atoms with Crippen molar-refractivity contribution in [1.29, 1.82) is 0 Å². The van der Waals surface area contributed by atoms with Gasteiger partial charge in [-0.25, -0.2) is 0 Å². The third-order valence-electron chi connectivity index (χ3n) is 4.63. The number of hydrogen-bond donors (Lipinski definition) is 1. The molecule has 0 saturated heterocycles. The van der Waals surface area contributed by atoms with Crippen LogP contribution in [0.2, 0.25) is 0 Å². The van der Waals surface area contributed by atoms with Crippen LogP contribution in [-0.2, 0) is 11.3 Å². The number of aromatic nitrogens is 1. The second-order valence-corrected chi connectivity index (χ2v) is 6.96. The zero-order chi connectivity index (χ0) is 24.6. The van der Waals surface area contributed by atoms with E-state index in [1.165, 1.54) is 18.5 Å². The van der Waals surface area contributed by atoms with Crippen LogP contribution in [0.15, 0.2) is 65.4 Å². The first-order valence-electron chi connectivity index (χ1n) is 11.5. The molecule has 3 aromatic rings. The van der Waals surface area contributed by atoms with Gasteiger partial charge in [0.15, 0.2) is 0 Å². The summed E-state index contributed by atoms with van der Waals surface area (Å²) in [5.74, 6) is -0.489. The van der Waals surface area contributed by atoms with Crippen molar-refractivity contribution in [2.75, 3.05) is 13.6 Å². The molecule has 7 heteroatoms. The van der Waals surface area contributed by atoms with Crippen LogP contribution < -0.4 is 4.74 Å². The second-order valence-electron chi connectivity index (χ2n) is 6.96. The molecule has 31 heavy (non-hydrogen) atoms. The van der Waals surface area contributed by atoms with E-state index in [0.29, 0.717) is 48.5 Å². The quantitative estimate of drug-likeness (QED) is 0.450. The van der Waals surface area contributed by atoms with Crippen LogP contribution in [0.3, 0.4) is 0 Å². The van der Waals surface area contributed by atoms with Crippen LogP contribution in [0.5, 0.6) is 5.75 Å². The van der Waals surface area contributed by atoms with Crippen LogP contribution in [0.4, 0.5) is 0 Å². The number of nitrogens with zero attached hydrogens (tertiary/aromatic N) is 2. The molecule has 0 spiro atoms. The molecule has 0 aliphatic carbocycles. The predicted octanol–water partition coefficient (Wildman–Crippen LogP) is 4.64. The van der Waals surface area contributed by atoms with Crippen molar-refractivity contribution in [1.82, 2.24) is 9.88 Å². The maximum Gasteiger partial charge on any atom is 0.303 e. The number of para-hydroxylation sites is 1. The standard InChI is InChI=1S/C24H26N2O5/c1-26(24(29)20-13-12-18(16-25-20)21-10-7-15-31-21)17-19-8-4-5-9-22(19)30-14-6-2-3-11-23(27)28/h4-5,7-10,12-13,15-16H,2-3,6,11,14,17H2,1H3,(H,27,28)/i1D3. The van der Waals surface area contributed by atoms with Crippen LogP contribution in [0.1, 0.15) is 45.8 Å². The normalized spacial score (nSPS) is 12.5. The summed E-state index contributed by atoms with van der Waals surface area (Å²) in [6.45, 7) is -2.53. The average Bonchev–Trinajstić information content (AvgIpc) is 3.34. The number of pyridine rings is 1. The number of carbonyl (C=O) groups excluding carboxylic acids is 1. The van der Waals surface area contributed by atoms with Gasteiger partial charge in [-0.15, -0.1) is 0 Å². The van der Waals surface area contributed by atoms with Crippen molar-refractivity contribution in [2.45, 2.75) is 32.2 Å². The summed E-state index contributed by atoms with van der Waals surface area (Å²) in [6, 6.07) is 13.5. The molecule has 0 saturated carbocycles. The van der Waals surface area contributed by atoms with E-state index in [9.17, 15) is 9.59 Å². The fourth-order valence-corrected chi connectivity index (χ4v) is 3.00. The topological polar surface area (TPSA) is 92.9 Å². The predicted molar refractivity (Wildman–Crippen MR) is 116 cm³/mol. The Morgan fingerprint density at radius 2 is 2.00 bits per heavy atom. The minimum atomic E-state index is -2.69. The van der Waals surface area contributed by atoms with Gasteiger partial charge in [0.1, 0.15) is 17.2 Å². The van der Waals surface area contributed by atoms with Crippen molar-refractivity contribution in [3.05, 3.63) is 72.2 Å². The van der Waals surface area contributed by atoms with Crippen LogP contribution >= 0.6 is 0 Å². The van der Waals surface area contributed by atoms with Gasteiger partial charge in [-0.1, -0.05) is 18.2 Å². The van der Waals surface area contributed by atoms with Gasteiger partial charge in [0, 0.05) is 41.4 Å². The minimum absolute atomic E-state index is 0.00302. The first-order valence-corrected chi connectivity index (χ1v) is 10.00. The van der Waals surface area contributed by atoms with Gasteiger partial charge in [-0.3, -0.25) is 14.6 Å². The molecule has 3 rings (SSSR count). The molecule has 1 N–H and O–H groups in total. The van der Waals surface area contributed by atoms with Crippen molar-refractivity contribution in [3.8, 4) is 17.1 Å². The average molecular weight is 425 g/mol. The van der Waals surface area contributed by atoms with Gasteiger partial charge in [0.2, 0.25) is 0 Å². The molecular weight excluding hydrogens is 396 g/mol. The lowest BCUT2D eigenvalue weighted by Gasteiger charge is -2.19. The number of furan rings is 1. The second kappa shape index (κ2) is 11.0. The van der Waals surface area contributed by atoms with Crippen molar-refractivity contribution < 1.29 is 28.0 Å². The third kappa shape index (κ3) is 6.44. The molecule has 2 heterocycles. The number of hydrogen-bond acceptors (Lipinski definition) is 5. The summed E-state index contributed by atoms with van der Waals surface area (Å²) in [4.78, 5) is 28.6. The molecule has 0 aliphatic heterocycles. The maximum atomic E-state index is 13.1. The fourth-order valence-electron chi connectivity index (χ4n) is 3.00. The Balaban J connectivity index is 1.69. The molecule has 0 fully saturated rings.